The molecule has 84 valence electrons. The third kappa shape index (κ3) is 2.36. The molecule has 15 heavy (non-hydrogen) atoms. The summed E-state index contributed by atoms with van der Waals surface area (Å²) in [6.45, 7) is 0. The summed E-state index contributed by atoms with van der Waals surface area (Å²) in [5.41, 5.74) is 3.09. The van der Waals surface area contributed by atoms with Crippen molar-refractivity contribution in [2.24, 2.45) is 5.14 Å². The van der Waals surface area contributed by atoms with Gasteiger partial charge in [0.15, 0.2) is 0 Å². The summed E-state index contributed by atoms with van der Waals surface area (Å²) in [6.07, 6.45) is -3.18. The van der Waals surface area contributed by atoms with Gasteiger partial charge in [-0.2, -0.15) is 4.39 Å². The Labute approximate surface area is 83.0 Å². The summed E-state index contributed by atoms with van der Waals surface area (Å²) < 4.78 is 58.8. The summed E-state index contributed by atoms with van der Waals surface area (Å²) >= 11 is 0. The summed E-state index contributed by atoms with van der Waals surface area (Å²) in [5, 5.41) is 4.65. The highest BCUT2D eigenvalue weighted by atomic mass is 32.2. The fraction of sp³-hybridized carbons (Fsp3) is 0.167. The number of alkyl halides is 2. The van der Waals surface area contributed by atoms with Crippen LogP contribution in [0.4, 0.5) is 18.9 Å². The molecule has 0 amide bonds. The number of sulfonamides is 1. The lowest BCUT2D eigenvalue weighted by atomic mass is 10.3. The number of aromatic nitrogens is 1. The first-order valence-corrected chi connectivity index (χ1v) is 5.05. The molecule has 1 heterocycles. The lowest BCUT2D eigenvalue weighted by Gasteiger charge is -2.07. The number of nitrogens with zero attached hydrogens (tertiary/aromatic N) is 1. The molecule has 0 fully saturated rings. The smallest absolute Gasteiger partial charge is 0.282 e. The van der Waals surface area contributed by atoms with Crippen molar-refractivity contribution < 1.29 is 21.6 Å². The van der Waals surface area contributed by atoms with Crippen molar-refractivity contribution in [3.8, 4) is 0 Å². The van der Waals surface area contributed by atoms with E-state index in [1.807, 2.05) is 0 Å². The second kappa shape index (κ2) is 3.66. The first kappa shape index (κ1) is 11.7. The molecule has 0 bridgehead atoms. The second-order valence-corrected chi connectivity index (χ2v) is 4.12. The molecule has 0 saturated carbocycles. The number of anilines is 1. The Balaban J connectivity index is 3.56. The highest BCUT2D eigenvalue weighted by Crippen LogP contribution is 2.28. The SMILES string of the molecule is Nc1c(S(N)(=O)=O)cc(F)nc1C(F)F. The Morgan fingerprint density at radius 3 is 2.33 bits per heavy atom. The Hall–Kier alpha value is -1.35. The highest BCUT2D eigenvalue weighted by Gasteiger charge is 2.23. The van der Waals surface area contributed by atoms with Crippen LogP contribution in [0.5, 0.6) is 0 Å². The van der Waals surface area contributed by atoms with E-state index < -0.39 is 38.7 Å². The van der Waals surface area contributed by atoms with Crippen LogP contribution in [0.1, 0.15) is 12.1 Å². The molecule has 0 aromatic carbocycles. The normalized spacial score (nSPS) is 12.1. The monoisotopic (exact) mass is 241 g/mol. The molecule has 0 spiro atoms. The van der Waals surface area contributed by atoms with E-state index >= 15 is 0 Å². The summed E-state index contributed by atoms with van der Waals surface area (Å²) in [4.78, 5) is 1.89. The van der Waals surface area contributed by atoms with Gasteiger partial charge in [0.05, 0.1) is 5.69 Å². The van der Waals surface area contributed by atoms with E-state index in [9.17, 15) is 21.6 Å². The number of nitrogens with two attached hydrogens (primary N) is 2. The number of rotatable bonds is 2. The maximum Gasteiger partial charge on any atom is 0.282 e. The van der Waals surface area contributed by atoms with Crippen LogP contribution >= 0.6 is 0 Å². The van der Waals surface area contributed by atoms with Crippen molar-refractivity contribution in [2.75, 3.05) is 5.73 Å². The first-order valence-electron chi connectivity index (χ1n) is 3.50. The van der Waals surface area contributed by atoms with E-state index in [-0.39, 0.29) is 0 Å². The van der Waals surface area contributed by atoms with Crippen molar-refractivity contribution in [2.45, 2.75) is 11.3 Å². The molecule has 1 rings (SSSR count). The predicted molar refractivity (Wildman–Crippen MR) is 44.9 cm³/mol. The van der Waals surface area contributed by atoms with E-state index in [0.29, 0.717) is 6.07 Å². The lowest BCUT2D eigenvalue weighted by Crippen LogP contribution is -2.17. The quantitative estimate of drug-likeness (QED) is 0.731. The second-order valence-electron chi connectivity index (χ2n) is 2.59. The van der Waals surface area contributed by atoms with Gasteiger partial charge in [0, 0.05) is 6.07 Å². The number of primary sulfonamides is 1. The van der Waals surface area contributed by atoms with Crippen molar-refractivity contribution in [1.82, 2.24) is 4.98 Å². The fourth-order valence-corrected chi connectivity index (χ4v) is 1.59. The van der Waals surface area contributed by atoms with Crippen LogP contribution < -0.4 is 10.9 Å². The number of pyridine rings is 1. The molecule has 5 nitrogen and oxygen atoms in total. The van der Waals surface area contributed by atoms with E-state index in [1.165, 1.54) is 0 Å². The molecule has 0 saturated heterocycles. The van der Waals surface area contributed by atoms with E-state index in [1.54, 1.807) is 0 Å². The maximum absolute atomic E-state index is 12.7. The van der Waals surface area contributed by atoms with E-state index in [0.717, 1.165) is 0 Å². The molecule has 1 aromatic heterocycles. The summed E-state index contributed by atoms with van der Waals surface area (Å²) in [6, 6.07) is 0.385. The standard InChI is InChI=1S/C6H6F3N3O2S/c7-3-1-2(15(11,13)14)4(10)5(12-3)6(8)9/h1,6H,10H2,(H2,11,13,14). The van der Waals surface area contributed by atoms with Gasteiger partial charge in [-0.15, -0.1) is 0 Å². The zero-order valence-corrected chi connectivity index (χ0v) is 7.93. The van der Waals surface area contributed by atoms with Gasteiger partial charge in [-0.25, -0.2) is 27.3 Å². The average molecular weight is 241 g/mol. The van der Waals surface area contributed by atoms with Gasteiger partial charge >= 0.3 is 0 Å². The van der Waals surface area contributed by atoms with Crippen LogP contribution in [0.3, 0.4) is 0 Å². The summed E-state index contributed by atoms with van der Waals surface area (Å²) in [5.74, 6) is -1.39. The molecule has 0 aliphatic rings. The van der Waals surface area contributed by atoms with Gasteiger partial charge < -0.3 is 5.73 Å². The molecule has 0 unspecified atom stereocenters. The van der Waals surface area contributed by atoms with Crippen molar-refractivity contribution >= 4 is 15.7 Å². The first-order chi connectivity index (χ1) is 6.73. The molecular formula is C6H6F3N3O2S. The van der Waals surface area contributed by atoms with Crippen LogP contribution in [0.2, 0.25) is 0 Å². The van der Waals surface area contributed by atoms with Crippen molar-refractivity contribution in [3.05, 3.63) is 17.7 Å². The molecule has 0 atom stereocenters. The molecule has 0 aliphatic heterocycles. The number of hydrogen-bond acceptors (Lipinski definition) is 4. The Kier molecular flexibility index (Phi) is 2.86. The molecule has 1 aromatic rings. The van der Waals surface area contributed by atoms with E-state index in [2.05, 4.69) is 10.1 Å². The van der Waals surface area contributed by atoms with Crippen molar-refractivity contribution in [3.63, 3.8) is 0 Å². The summed E-state index contributed by atoms with van der Waals surface area (Å²) in [7, 11) is -4.35. The van der Waals surface area contributed by atoms with Gasteiger partial charge in [0.2, 0.25) is 16.0 Å². The van der Waals surface area contributed by atoms with Crippen LogP contribution in [-0.4, -0.2) is 13.4 Å². The van der Waals surface area contributed by atoms with Crippen LogP contribution in [0.25, 0.3) is 0 Å². The molecule has 9 heteroatoms. The third-order valence-corrected chi connectivity index (χ3v) is 2.48. The van der Waals surface area contributed by atoms with Crippen LogP contribution in [0.15, 0.2) is 11.0 Å². The largest absolute Gasteiger partial charge is 0.396 e. The Bertz CT molecular complexity index is 489. The van der Waals surface area contributed by atoms with Gasteiger partial charge in [-0.1, -0.05) is 0 Å². The Morgan fingerprint density at radius 2 is 1.93 bits per heavy atom. The predicted octanol–water partition coefficient (Wildman–Crippen LogP) is 0.388. The van der Waals surface area contributed by atoms with Crippen LogP contribution in [0, 0.1) is 5.95 Å². The van der Waals surface area contributed by atoms with Gasteiger partial charge in [-0.05, 0) is 0 Å². The minimum atomic E-state index is -4.35. The Morgan fingerprint density at radius 1 is 1.40 bits per heavy atom. The number of hydrogen-bond donors (Lipinski definition) is 2. The zero-order chi connectivity index (χ0) is 11.8. The topological polar surface area (TPSA) is 99.1 Å². The minimum absolute atomic E-state index is 0.385. The van der Waals surface area contributed by atoms with E-state index in [4.69, 9.17) is 5.73 Å². The van der Waals surface area contributed by atoms with Gasteiger partial charge in [-0.3, -0.25) is 0 Å². The van der Waals surface area contributed by atoms with Crippen molar-refractivity contribution in [1.29, 1.82) is 0 Å². The van der Waals surface area contributed by atoms with Gasteiger partial charge in [0.25, 0.3) is 6.43 Å². The minimum Gasteiger partial charge on any atom is -0.396 e. The van der Waals surface area contributed by atoms with Gasteiger partial charge in [0.1, 0.15) is 10.6 Å². The average Bonchev–Trinajstić information content (AvgIpc) is 2.06. The molecule has 0 radical (unpaired) electrons. The maximum atomic E-state index is 12.7. The zero-order valence-electron chi connectivity index (χ0n) is 7.12. The number of nitrogen functional groups attached to an aromatic ring is 1. The fourth-order valence-electron chi connectivity index (χ4n) is 0.921. The third-order valence-electron chi connectivity index (χ3n) is 1.53. The highest BCUT2D eigenvalue weighted by molar-refractivity contribution is 7.89. The molecule has 0 aliphatic carbocycles. The number of halogens is 3. The molecular weight excluding hydrogens is 235 g/mol. The molecule has 4 N–H and O–H groups in total. The van der Waals surface area contributed by atoms with Crippen LogP contribution in [-0.2, 0) is 10.0 Å². The lowest BCUT2D eigenvalue weighted by molar-refractivity contribution is 0.145.